The fraction of sp³-hybridized carbons (Fsp3) is 0.364. The van der Waals surface area contributed by atoms with Crippen molar-refractivity contribution in [1.29, 1.82) is 0 Å². The number of halogens is 1. The first-order chi connectivity index (χ1) is 13.5. The van der Waals surface area contributed by atoms with E-state index in [2.05, 4.69) is 50.1 Å². The highest BCUT2D eigenvalue weighted by Gasteiger charge is 2.21. The highest BCUT2D eigenvalue weighted by Crippen LogP contribution is 2.27. The van der Waals surface area contributed by atoms with Gasteiger partial charge in [-0.1, -0.05) is 34.1 Å². The van der Waals surface area contributed by atoms with Crippen molar-refractivity contribution in [3.8, 4) is 0 Å². The smallest absolute Gasteiger partial charge is 0.315 e. The van der Waals surface area contributed by atoms with Crippen molar-refractivity contribution >= 4 is 33.6 Å². The zero-order valence-electron chi connectivity index (χ0n) is 15.8. The Kier molecular flexibility index (Phi) is 5.40. The quantitative estimate of drug-likeness (QED) is 0.622. The fourth-order valence-corrected chi connectivity index (χ4v) is 4.49. The number of urea groups is 1. The Labute approximate surface area is 173 Å². The molecule has 0 saturated carbocycles. The minimum absolute atomic E-state index is 0.0192. The molecule has 0 spiro atoms. The Morgan fingerprint density at radius 1 is 1.18 bits per heavy atom. The minimum atomic E-state index is -0.148. The predicted molar refractivity (Wildman–Crippen MR) is 113 cm³/mol. The molecule has 2 aliphatic rings. The number of hydrogen-bond acceptors (Lipinski definition) is 2. The molecule has 0 radical (unpaired) electrons. The highest BCUT2D eigenvalue weighted by atomic mass is 79.9. The van der Waals surface area contributed by atoms with Gasteiger partial charge >= 0.3 is 6.03 Å². The molecule has 6 heteroatoms. The third-order valence-corrected chi connectivity index (χ3v) is 6.06. The van der Waals surface area contributed by atoms with E-state index in [1.54, 1.807) is 0 Å². The molecule has 2 unspecified atom stereocenters. The average Bonchev–Trinajstić information content (AvgIpc) is 2.90. The van der Waals surface area contributed by atoms with E-state index < -0.39 is 0 Å². The summed E-state index contributed by atoms with van der Waals surface area (Å²) in [7, 11) is 0. The first-order valence-corrected chi connectivity index (χ1v) is 10.5. The zero-order chi connectivity index (χ0) is 19.7. The van der Waals surface area contributed by atoms with Gasteiger partial charge in [0.15, 0.2) is 0 Å². The second-order valence-electron chi connectivity index (χ2n) is 7.69. The van der Waals surface area contributed by atoms with E-state index >= 15 is 0 Å². The Hall–Kier alpha value is -2.34. The highest BCUT2D eigenvalue weighted by molar-refractivity contribution is 9.10. The molecule has 3 N–H and O–H groups in total. The number of aryl methyl sites for hydroxylation is 1. The van der Waals surface area contributed by atoms with Crippen LogP contribution in [0.15, 0.2) is 40.9 Å². The van der Waals surface area contributed by atoms with E-state index in [1.807, 2.05) is 25.1 Å². The van der Waals surface area contributed by atoms with Crippen LogP contribution in [0.5, 0.6) is 0 Å². The molecular formula is C22H24BrN3O2. The summed E-state index contributed by atoms with van der Waals surface area (Å²) in [6.07, 6.45) is 4.35. The van der Waals surface area contributed by atoms with E-state index in [1.165, 1.54) is 11.1 Å². The largest absolute Gasteiger partial charge is 0.335 e. The molecule has 3 amide bonds. The fourth-order valence-electron chi connectivity index (χ4n) is 4.08. The SMILES string of the molecule is CC(NC(=O)NC1CCCc2ccc(Br)cc2C1)c1ccc2c(c1)CC(=O)N2. The summed E-state index contributed by atoms with van der Waals surface area (Å²) in [5.74, 6) is 0.0192. The molecule has 2 atom stereocenters. The van der Waals surface area contributed by atoms with Crippen LogP contribution >= 0.6 is 15.9 Å². The van der Waals surface area contributed by atoms with E-state index in [4.69, 9.17) is 0 Å². The number of amides is 3. The molecule has 2 aromatic rings. The van der Waals surface area contributed by atoms with Gasteiger partial charge in [-0.05, 0) is 73.1 Å². The van der Waals surface area contributed by atoms with Crippen LogP contribution in [-0.2, 0) is 24.1 Å². The summed E-state index contributed by atoms with van der Waals surface area (Å²) in [5, 5.41) is 9.02. The van der Waals surface area contributed by atoms with Gasteiger partial charge in [-0.25, -0.2) is 4.79 Å². The van der Waals surface area contributed by atoms with Crippen LogP contribution in [0.2, 0.25) is 0 Å². The van der Waals surface area contributed by atoms with Crippen molar-refractivity contribution in [1.82, 2.24) is 10.6 Å². The molecule has 1 aliphatic carbocycles. The van der Waals surface area contributed by atoms with Crippen LogP contribution < -0.4 is 16.0 Å². The molecule has 0 saturated heterocycles. The third-order valence-electron chi connectivity index (χ3n) is 5.57. The summed E-state index contributed by atoms with van der Waals surface area (Å²) in [6.45, 7) is 1.96. The van der Waals surface area contributed by atoms with Crippen molar-refractivity contribution in [3.63, 3.8) is 0 Å². The number of hydrogen-bond donors (Lipinski definition) is 3. The van der Waals surface area contributed by atoms with Gasteiger partial charge in [0.25, 0.3) is 0 Å². The summed E-state index contributed by atoms with van der Waals surface area (Å²) in [6, 6.07) is 12.1. The zero-order valence-corrected chi connectivity index (χ0v) is 17.4. The van der Waals surface area contributed by atoms with Gasteiger partial charge in [-0.3, -0.25) is 4.79 Å². The summed E-state index contributed by atoms with van der Waals surface area (Å²) >= 11 is 3.54. The van der Waals surface area contributed by atoms with Gasteiger partial charge in [0.05, 0.1) is 12.5 Å². The normalized spacial score (nSPS) is 19.1. The first-order valence-electron chi connectivity index (χ1n) is 9.75. The number of carbonyl (C=O) groups excluding carboxylic acids is 2. The van der Waals surface area contributed by atoms with E-state index in [0.29, 0.717) is 6.42 Å². The van der Waals surface area contributed by atoms with Crippen molar-refractivity contribution in [2.24, 2.45) is 0 Å². The van der Waals surface area contributed by atoms with Crippen LogP contribution in [0.25, 0.3) is 0 Å². The number of nitrogens with one attached hydrogen (secondary N) is 3. The van der Waals surface area contributed by atoms with Crippen molar-refractivity contribution < 1.29 is 9.59 Å². The Bertz CT molecular complexity index is 928. The first kappa shape index (κ1) is 19.0. The molecule has 28 heavy (non-hydrogen) atoms. The van der Waals surface area contributed by atoms with Crippen molar-refractivity contribution in [2.45, 2.75) is 51.1 Å². The molecule has 146 valence electrons. The lowest BCUT2D eigenvalue weighted by Crippen LogP contribution is -2.43. The maximum atomic E-state index is 12.6. The van der Waals surface area contributed by atoms with Gasteiger partial charge < -0.3 is 16.0 Å². The van der Waals surface area contributed by atoms with Gasteiger partial charge in [0.2, 0.25) is 5.91 Å². The molecule has 2 aromatic carbocycles. The van der Waals surface area contributed by atoms with E-state index in [-0.39, 0.29) is 24.0 Å². The van der Waals surface area contributed by atoms with Crippen LogP contribution in [0.1, 0.15) is 48.1 Å². The molecule has 5 nitrogen and oxygen atoms in total. The predicted octanol–water partition coefficient (Wildman–Crippen LogP) is 4.25. The topological polar surface area (TPSA) is 70.2 Å². The Morgan fingerprint density at radius 2 is 2.04 bits per heavy atom. The van der Waals surface area contributed by atoms with Gasteiger partial charge in [-0.2, -0.15) is 0 Å². The van der Waals surface area contributed by atoms with Gasteiger partial charge in [0, 0.05) is 16.2 Å². The van der Waals surface area contributed by atoms with Crippen molar-refractivity contribution in [2.75, 3.05) is 5.32 Å². The number of anilines is 1. The van der Waals surface area contributed by atoms with Crippen molar-refractivity contribution in [3.05, 3.63) is 63.1 Å². The average molecular weight is 442 g/mol. The van der Waals surface area contributed by atoms with Gasteiger partial charge in [-0.15, -0.1) is 0 Å². The summed E-state index contributed by atoms with van der Waals surface area (Å²) < 4.78 is 1.08. The summed E-state index contributed by atoms with van der Waals surface area (Å²) in [4.78, 5) is 24.1. The van der Waals surface area contributed by atoms with Crippen LogP contribution in [-0.4, -0.2) is 18.0 Å². The number of rotatable bonds is 3. The van der Waals surface area contributed by atoms with Gasteiger partial charge in [0.1, 0.15) is 0 Å². The molecule has 1 aliphatic heterocycles. The monoisotopic (exact) mass is 441 g/mol. The number of benzene rings is 2. The lowest BCUT2D eigenvalue weighted by atomic mass is 10.0. The van der Waals surface area contributed by atoms with E-state index in [9.17, 15) is 9.59 Å². The van der Waals surface area contributed by atoms with Crippen LogP contribution in [0, 0.1) is 0 Å². The Balaban J connectivity index is 1.38. The maximum absolute atomic E-state index is 12.6. The summed E-state index contributed by atoms with van der Waals surface area (Å²) in [5.41, 5.74) is 5.54. The standard InChI is InChI=1S/C22H24BrN3O2/c1-13(15-6-8-20-17(9-15)12-21(27)26-20)24-22(28)25-19-4-2-3-14-5-7-18(23)10-16(14)11-19/h5-10,13,19H,2-4,11-12H2,1H3,(H,26,27)(H2,24,25,28). The molecule has 4 rings (SSSR count). The second-order valence-corrected chi connectivity index (χ2v) is 8.60. The Morgan fingerprint density at radius 3 is 2.89 bits per heavy atom. The van der Waals surface area contributed by atoms with Crippen LogP contribution in [0.3, 0.4) is 0 Å². The molecule has 0 aromatic heterocycles. The minimum Gasteiger partial charge on any atom is -0.335 e. The number of carbonyl (C=O) groups is 2. The lowest BCUT2D eigenvalue weighted by molar-refractivity contribution is -0.115. The van der Waals surface area contributed by atoms with E-state index in [0.717, 1.165) is 47.0 Å². The van der Waals surface area contributed by atoms with Crippen LogP contribution in [0.4, 0.5) is 10.5 Å². The molecule has 0 fully saturated rings. The number of fused-ring (bicyclic) bond motifs is 2. The molecule has 0 bridgehead atoms. The third kappa shape index (κ3) is 4.22. The molecule has 1 heterocycles. The second kappa shape index (κ2) is 7.95. The maximum Gasteiger partial charge on any atom is 0.315 e. The lowest BCUT2D eigenvalue weighted by Gasteiger charge is -2.21. The molecular weight excluding hydrogens is 418 g/mol.